The average Bonchev–Trinajstić information content (AvgIpc) is 3.07. The van der Waals surface area contributed by atoms with Crippen LogP contribution in [0.5, 0.6) is 0 Å². The first kappa shape index (κ1) is 16.8. The molecule has 6 nitrogen and oxygen atoms in total. The van der Waals surface area contributed by atoms with Crippen LogP contribution in [-0.4, -0.2) is 26.5 Å². The van der Waals surface area contributed by atoms with Gasteiger partial charge in [-0.15, -0.1) is 0 Å². The summed E-state index contributed by atoms with van der Waals surface area (Å²) in [6.45, 7) is 4.74. The Hall–Kier alpha value is -2.05. The Balaban J connectivity index is 1.66. The summed E-state index contributed by atoms with van der Waals surface area (Å²) in [7, 11) is 1.94. The van der Waals surface area contributed by atoms with Gasteiger partial charge in [0.1, 0.15) is 0 Å². The van der Waals surface area contributed by atoms with Crippen LogP contribution < -0.4 is 5.32 Å². The Morgan fingerprint density at radius 1 is 1.17 bits per heavy atom. The second kappa shape index (κ2) is 6.83. The van der Waals surface area contributed by atoms with Crippen molar-refractivity contribution < 1.29 is 4.52 Å². The first-order chi connectivity index (χ1) is 11.4. The van der Waals surface area contributed by atoms with Crippen LogP contribution in [-0.2, 0) is 13.5 Å². The van der Waals surface area contributed by atoms with Gasteiger partial charge in [0.15, 0.2) is 0 Å². The van der Waals surface area contributed by atoms with Gasteiger partial charge in [0, 0.05) is 34.9 Å². The lowest BCUT2D eigenvalue weighted by molar-refractivity contribution is 0.432. The van der Waals surface area contributed by atoms with Crippen LogP contribution in [0.2, 0.25) is 10.0 Å². The van der Waals surface area contributed by atoms with Gasteiger partial charge in [-0.25, -0.2) is 0 Å². The molecule has 1 N–H and O–H groups in total. The van der Waals surface area contributed by atoms with E-state index in [1.54, 1.807) is 18.2 Å². The summed E-state index contributed by atoms with van der Waals surface area (Å²) < 4.78 is 7.11. The Kier molecular flexibility index (Phi) is 4.78. The van der Waals surface area contributed by atoms with Gasteiger partial charge in [-0.3, -0.25) is 4.68 Å². The molecule has 0 radical (unpaired) electrons. The molecule has 8 heteroatoms. The van der Waals surface area contributed by atoms with Gasteiger partial charge < -0.3 is 9.84 Å². The van der Waals surface area contributed by atoms with E-state index in [4.69, 9.17) is 27.7 Å². The van der Waals surface area contributed by atoms with Crippen molar-refractivity contribution in [3.05, 3.63) is 45.2 Å². The number of aromatic nitrogens is 4. The van der Waals surface area contributed by atoms with E-state index in [0.29, 0.717) is 34.0 Å². The van der Waals surface area contributed by atoms with Crippen molar-refractivity contribution in [3.63, 3.8) is 0 Å². The molecule has 0 aliphatic rings. The molecule has 0 spiro atoms. The number of hydrogen-bond acceptors (Lipinski definition) is 5. The van der Waals surface area contributed by atoms with Gasteiger partial charge in [-0.2, -0.15) is 10.1 Å². The standard InChI is InChI=1S/C16H17Cl2N5O/c1-9-14(10(2)23(3)21-9)4-5-19-16-20-15(22-24-16)11-6-12(17)8-13(18)7-11/h6-8H,4-5H2,1-3H3,(H,19,20,22). The molecular formula is C16H17Cl2N5O. The summed E-state index contributed by atoms with van der Waals surface area (Å²) in [5.41, 5.74) is 4.14. The molecule has 3 aromatic rings. The lowest BCUT2D eigenvalue weighted by Crippen LogP contribution is -2.06. The van der Waals surface area contributed by atoms with Crippen molar-refractivity contribution in [1.82, 2.24) is 19.9 Å². The fraction of sp³-hybridized carbons (Fsp3) is 0.312. The highest BCUT2D eigenvalue weighted by atomic mass is 35.5. The third-order valence-electron chi connectivity index (χ3n) is 3.86. The van der Waals surface area contributed by atoms with E-state index in [0.717, 1.165) is 17.8 Å². The van der Waals surface area contributed by atoms with E-state index in [1.165, 1.54) is 5.56 Å². The van der Waals surface area contributed by atoms with Crippen molar-refractivity contribution in [2.45, 2.75) is 20.3 Å². The lowest BCUT2D eigenvalue weighted by Gasteiger charge is -2.02. The molecule has 2 aromatic heterocycles. The van der Waals surface area contributed by atoms with Crippen LogP contribution in [0.15, 0.2) is 22.7 Å². The zero-order valence-electron chi connectivity index (χ0n) is 13.6. The first-order valence-corrected chi connectivity index (χ1v) is 8.22. The van der Waals surface area contributed by atoms with E-state index < -0.39 is 0 Å². The number of halogens is 2. The smallest absolute Gasteiger partial charge is 0.321 e. The van der Waals surface area contributed by atoms with Gasteiger partial charge in [-0.1, -0.05) is 28.4 Å². The zero-order chi connectivity index (χ0) is 17.3. The monoisotopic (exact) mass is 365 g/mol. The quantitative estimate of drug-likeness (QED) is 0.738. The van der Waals surface area contributed by atoms with Gasteiger partial charge in [0.05, 0.1) is 5.69 Å². The molecule has 0 saturated heterocycles. The predicted molar refractivity (Wildman–Crippen MR) is 94.6 cm³/mol. The average molecular weight is 366 g/mol. The minimum atomic E-state index is 0.361. The SMILES string of the molecule is Cc1nn(C)c(C)c1CCNc1nc(-c2cc(Cl)cc(Cl)c2)no1. The predicted octanol–water partition coefficient (Wildman–Crippen LogP) is 4.05. The van der Waals surface area contributed by atoms with Crippen molar-refractivity contribution in [1.29, 1.82) is 0 Å². The number of anilines is 1. The topological polar surface area (TPSA) is 68.8 Å². The summed E-state index contributed by atoms with van der Waals surface area (Å²) in [6.07, 6.45) is 0.826. The molecule has 3 rings (SSSR count). The summed E-state index contributed by atoms with van der Waals surface area (Å²) in [5.74, 6) is 0.440. The maximum Gasteiger partial charge on any atom is 0.321 e. The van der Waals surface area contributed by atoms with Crippen LogP contribution in [0.3, 0.4) is 0 Å². The van der Waals surface area contributed by atoms with Gasteiger partial charge in [0.25, 0.3) is 0 Å². The number of benzene rings is 1. The Bertz CT molecular complexity index is 851. The minimum absolute atomic E-state index is 0.361. The fourth-order valence-corrected chi connectivity index (χ4v) is 3.10. The van der Waals surface area contributed by atoms with Crippen LogP contribution in [0.25, 0.3) is 11.4 Å². The van der Waals surface area contributed by atoms with Crippen LogP contribution >= 0.6 is 23.2 Å². The molecule has 0 aliphatic heterocycles. The van der Waals surface area contributed by atoms with Crippen molar-refractivity contribution >= 4 is 29.2 Å². The Labute approximate surface area is 149 Å². The van der Waals surface area contributed by atoms with Crippen LogP contribution in [0, 0.1) is 13.8 Å². The number of nitrogens with zero attached hydrogens (tertiary/aromatic N) is 4. The van der Waals surface area contributed by atoms with Crippen LogP contribution in [0.4, 0.5) is 6.01 Å². The maximum atomic E-state index is 6.00. The number of aryl methyl sites for hydroxylation is 2. The highest BCUT2D eigenvalue weighted by molar-refractivity contribution is 6.35. The van der Waals surface area contributed by atoms with E-state index >= 15 is 0 Å². The molecule has 126 valence electrons. The normalized spacial score (nSPS) is 11.0. The molecule has 24 heavy (non-hydrogen) atoms. The largest absolute Gasteiger partial charge is 0.337 e. The van der Waals surface area contributed by atoms with E-state index in [9.17, 15) is 0 Å². The molecule has 0 bridgehead atoms. The minimum Gasteiger partial charge on any atom is -0.337 e. The van der Waals surface area contributed by atoms with E-state index in [2.05, 4.69) is 27.5 Å². The molecule has 0 atom stereocenters. The zero-order valence-corrected chi connectivity index (χ0v) is 15.1. The highest BCUT2D eigenvalue weighted by Crippen LogP contribution is 2.26. The molecule has 0 fully saturated rings. The molecule has 0 unspecified atom stereocenters. The van der Waals surface area contributed by atoms with Crippen LogP contribution in [0.1, 0.15) is 17.0 Å². The van der Waals surface area contributed by atoms with Crippen molar-refractivity contribution in [3.8, 4) is 11.4 Å². The summed E-state index contributed by atoms with van der Waals surface area (Å²) in [4.78, 5) is 4.32. The molecular weight excluding hydrogens is 349 g/mol. The molecule has 0 aliphatic carbocycles. The van der Waals surface area contributed by atoms with Gasteiger partial charge >= 0.3 is 6.01 Å². The van der Waals surface area contributed by atoms with E-state index in [1.807, 2.05) is 18.7 Å². The van der Waals surface area contributed by atoms with Gasteiger partial charge in [-0.05, 0) is 44.0 Å². The third-order valence-corrected chi connectivity index (χ3v) is 4.29. The molecule has 0 saturated carbocycles. The lowest BCUT2D eigenvalue weighted by atomic mass is 10.1. The molecule has 1 aromatic carbocycles. The second-order valence-corrected chi connectivity index (χ2v) is 6.40. The van der Waals surface area contributed by atoms with E-state index in [-0.39, 0.29) is 0 Å². The Morgan fingerprint density at radius 3 is 2.50 bits per heavy atom. The summed E-state index contributed by atoms with van der Waals surface area (Å²) >= 11 is 12.0. The third kappa shape index (κ3) is 3.55. The first-order valence-electron chi connectivity index (χ1n) is 7.47. The summed E-state index contributed by atoms with van der Waals surface area (Å²) in [6, 6.07) is 5.50. The maximum absolute atomic E-state index is 6.00. The fourth-order valence-electron chi connectivity index (χ4n) is 2.57. The summed E-state index contributed by atoms with van der Waals surface area (Å²) in [5, 5.41) is 12.5. The number of nitrogens with one attached hydrogen (secondary N) is 1. The highest BCUT2D eigenvalue weighted by Gasteiger charge is 2.12. The van der Waals surface area contributed by atoms with Crippen molar-refractivity contribution in [2.24, 2.45) is 7.05 Å². The number of hydrogen-bond donors (Lipinski definition) is 1. The Morgan fingerprint density at radius 2 is 1.88 bits per heavy atom. The number of rotatable bonds is 5. The van der Waals surface area contributed by atoms with Gasteiger partial charge in [0.2, 0.25) is 5.82 Å². The van der Waals surface area contributed by atoms with Crippen molar-refractivity contribution in [2.75, 3.05) is 11.9 Å². The molecule has 0 amide bonds. The molecule has 2 heterocycles. The second-order valence-electron chi connectivity index (χ2n) is 5.53.